The average molecular weight is 128 g/mol. The van der Waals surface area contributed by atoms with E-state index in [0.29, 0.717) is 0 Å². The summed E-state index contributed by atoms with van der Waals surface area (Å²) < 4.78 is 4.33. The molecule has 0 aliphatic rings. The van der Waals surface area contributed by atoms with Crippen LogP contribution in [0.25, 0.3) is 0 Å². The molecule has 0 saturated carbocycles. The van der Waals surface area contributed by atoms with Gasteiger partial charge in [-0.05, 0) is 6.92 Å². The number of hydrogen-bond acceptors (Lipinski definition) is 3. The molecular formula is C6H8O3. The van der Waals surface area contributed by atoms with Gasteiger partial charge in [-0.1, -0.05) is 6.58 Å². The van der Waals surface area contributed by atoms with Crippen LogP contribution in [0.15, 0.2) is 12.3 Å². The van der Waals surface area contributed by atoms with E-state index in [2.05, 4.69) is 11.3 Å². The summed E-state index contributed by atoms with van der Waals surface area (Å²) in [5, 5.41) is 0. The molecule has 50 valence electrons. The zero-order valence-corrected chi connectivity index (χ0v) is 5.43. The van der Waals surface area contributed by atoms with Crippen molar-refractivity contribution in [2.45, 2.75) is 13.8 Å². The van der Waals surface area contributed by atoms with Gasteiger partial charge in [0.25, 0.3) is 0 Å². The van der Waals surface area contributed by atoms with Gasteiger partial charge >= 0.3 is 5.97 Å². The number of ketones is 1. The molecule has 3 nitrogen and oxygen atoms in total. The van der Waals surface area contributed by atoms with Gasteiger partial charge in [-0.15, -0.1) is 0 Å². The second kappa shape index (κ2) is 3.02. The standard InChI is InChI=1S/C6H8O3/c1-4(2)9-6(8)5(3)7/h1H2,2-3H3. The summed E-state index contributed by atoms with van der Waals surface area (Å²) >= 11 is 0. The lowest BCUT2D eigenvalue weighted by atomic mass is 10.5. The summed E-state index contributed by atoms with van der Waals surface area (Å²) in [5.74, 6) is -1.24. The molecule has 0 aromatic carbocycles. The molecule has 0 bridgehead atoms. The van der Waals surface area contributed by atoms with E-state index in [-0.39, 0.29) is 5.76 Å². The Morgan fingerprint density at radius 2 is 1.78 bits per heavy atom. The quantitative estimate of drug-likeness (QED) is 0.311. The highest BCUT2D eigenvalue weighted by Crippen LogP contribution is 1.90. The fourth-order valence-corrected chi connectivity index (χ4v) is 0.230. The first-order chi connectivity index (χ1) is 4.04. The predicted octanol–water partition coefficient (Wildman–Crippen LogP) is 0.652. The zero-order valence-electron chi connectivity index (χ0n) is 5.43. The lowest BCUT2D eigenvalue weighted by molar-refractivity contribution is -0.149. The SMILES string of the molecule is C=C(C)OC(=O)C(C)=O. The number of carbonyl (C=O) groups is 2. The lowest BCUT2D eigenvalue weighted by Crippen LogP contribution is -2.11. The summed E-state index contributed by atoms with van der Waals surface area (Å²) in [4.78, 5) is 20.5. The monoisotopic (exact) mass is 128 g/mol. The Kier molecular flexibility index (Phi) is 2.64. The predicted molar refractivity (Wildman–Crippen MR) is 31.6 cm³/mol. The second-order valence-electron chi connectivity index (χ2n) is 1.65. The molecule has 9 heavy (non-hydrogen) atoms. The van der Waals surface area contributed by atoms with Gasteiger partial charge in [0.2, 0.25) is 5.78 Å². The van der Waals surface area contributed by atoms with E-state index in [9.17, 15) is 9.59 Å². The highest BCUT2D eigenvalue weighted by molar-refractivity contribution is 6.32. The molecule has 0 fully saturated rings. The molecule has 3 heteroatoms. The van der Waals surface area contributed by atoms with E-state index in [4.69, 9.17) is 0 Å². The fourth-order valence-electron chi connectivity index (χ4n) is 0.230. The number of ether oxygens (including phenoxy) is 1. The Morgan fingerprint density at radius 1 is 1.33 bits per heavy atom. The summed E-state index contributed by atoms with van der Waals surface area (Å²) in [6, 6.07) is 0. The summed E-state index contributed by atoms with van der Waals surface area (Å²) in [6.07, 6.45) is 0. The van der Waals surface area contributed by atoms with E-state index < -0.39 is 11.8 Å². The molecular weight excluding hydrogens is 120 g/mol. The van der Waals surface area contributed by atoms with Crippen LogP contribution in [0.2, 0.25) is 0 Å². The van der Waals surface area contributed by atoms with Crippen LogP contribution in [0.4, 0.5) is 0 Å². The Morgan fingerprint density at radius 3 is 1.89 bits per heavy atom. The van der Waals surface area contributed by atoms with Crippen molar-refractivity contribution < 1.29 is 14.3 Å². The minimum atomic E-state index is -0.859. The van der Waals surface area contributed by atoms with Gasteiger partial charge in [-0.25, -0.2) is 4.79 Å². The van der Waals surface area contributed by atoms with Crippen LogP contribution in [0, 0.1) is 0 Å². The third-order valence-corrected chi connectivity index (χ3v) is 0.554. The van der Waals surface area contributed by atoms with E-state index >= 15 is 0 Å². The van der Waals surface area contributed by atoms with Crippen LogP contribution in [0.3, 0.4) is 0 Å². The van der Waals surface area contributed by atoms with Gasteiger partial charge < -0.3 is 4.74 Å². The van der Waals surface area contributed by atoms with Crippen molar-refractivity contribution in [3.63, 3.8) is 0 Å². The molecule has 0 aliphatic carbocycles. The third kappa shape index (κ3) is 3.46. The van der Waals surface area contributed by atoms with Crippen molar-refractivity contribution >= 4 is 11.8 Å². The lowest BCUT2D eigenvalue weighted by Gasteiger charge is -1.96. The van der Waals surface area contributed by atoms with Crippen molar-refractivity contribution in [1.29, 1.82) is 0 Å². The molecule has 0 aliphatic heterocycles. The van der Waals surface area contributed by atoms with Crippen molar-refractivity contribution in [2.75, 3.05) is 0 Å². The first kappa shape index (κ1) is 7.88. The van der Waals surface area contributed by atoms with E-state index in [0.717, 1.165) is 6.92 Å². The van der Waals surface area contributed by atoms with Crippen LogP contribution < -0.4 is 0 Å². The maximum atomic E-state index is 10.3. The van der Waals surface area contributed by atoms with Crippen LogP contribution in [-0.4, -0.2) is 11.8 Å². The van der Waals surface area contributed by atoms with E-state index in [1.54, 1.807) is 0 Å². The van der Waals surface area contributed by atoms with Crippen molar-refractivity contribution in [2.24, 2.45) is 0 Å². The molecule has 0 aromatic rings. The smallest absolute Gasteiger partial charge is 0.379 e. The number of allylic oxidation sites excluding steroid dienone is 1. The summed E-state index contributed by atoms with van der Waals surface area (Å²) in [7, 11) is 0. The Hall–Kier alpha value is -1.12. The fraction of sp³-hybridized carbons (Fsp3) is 0.333. The van der Waals surface area contributed by atoms with Crippen LogP contribution in [-0.2, 0) is 14.3 Å². The second-order valence-corrected chi connectivity index (χ2v) is 1.65. The van der Waals surface area contributed by atoms with Crippen molar-refractivity contribution in [3.8, 4) is 0 Å². The molecule has 0 spiro atoms. The van der Waals surface area contributed by atoms with E-state index in [1.807, 2.05) is 0 Å². The first-order valence-electron chi connectivity index (χ1n) is 2.42. The number of hydrogen-bond donors (Lipinski definition) is 0. The molecule has 0 heterocycles. The third-order valence-electron chi connectivity index (χ3n) is 0.554. The number of Topliss-reactive ketones (excluding diaryl/α,β-unsaturated/α-hetero) is 1. The van der Waals surface area contributed by atoms with Gasteiger partial charge in [-0.3, -0.25) is 4.79 Å². The first-order valence-corrected chi connectivity index (χ1v) is 2.42. The molecule has 0 radical (unpaired) electrons. The highest BCUT2D eigenvalue weighted by atomic mass is 16.5. The normalized spacial score (nSPS) is 8.22. The number of esters is 1. The summed E-state index contributed by atoms with van der Waals surface area (Å²) in [5.41, 5.74) is 0. The molecule has 0 aromatic heterocycles. The Bertz CT molecular complexity index is 158. The van der Waals surface area contributed by atoms with Crippen LogP contribution in [0.5, 0.6) is 0 Å². The minimum absolute atomic E-state index is 0.232. The number of carbonyl (C=O) groups excluding carboxylic acids is 2. The average Bonchev–Trinajstić information content (AvgIpc) is 1.63. The van der Waals surface area contributed by atoms with Gasteiger partial charge in [-0.2, -0.15) is 0 Å². The van der Waals surface area contributed by atoms with Crippen molar-refractivity contribution in [1.82, 2.24) is 0 Å². The van der Waals surface area contributed by atoms with Gasteiger partial charge in [0.1, 0.15) is 0 Å². The minimum Gasteiger partial charge on any atom is -0.426 e. The largest absolute Gasteiger partial charge is 0.426 e. The maximum Gasteiger partial charge on any atom is 0.379 e. The highest BCUT2D eigenvalue weighted by Gasteiger charge is 2.07. The topological polar surface area (TPSA) is 43.4 Å². The molecule has 0 saturated heterocycles. The summed E-state index contributed by atoms with van der Waals surface area (Å²) in [6.45, 7) is 5.93. The van der Waals surface area contributed by atoms with Crippen molar-refractivity contribution in [3.05, 3.63) is 12.3 Å². The van der Waals surface area contributed by atoms with Gasteiger partial charge in [0.15, 0.2) is 0 Å². The van der Waals surface area contributed by atoms with Gasteiger partial charge in [0, 0.05) is 6.92 Å². The zero-order chi connectivity index (χ0) is 7.44. The Labute approximate surface area is 53.3 Å². The molecule has 0 amide bonds. The van der Waals surface area contributed by atoms with Gasteiger partial charge in [0.05, 0.1) is 5.76 Å². The van der Waals surface area contributed by atoms with Crippen LogP contribution in [0.1, 0.15) is 13.8 Å². The Balaban J connectivity index is 3.79. The number of rotatable bonds is 2. The van der Waals surface area contributed by atoms with Crippen LogP contribution >= 0.6 is 0 Å². The van der Waals surface area contributed by atoms with E-state index in [1.165, 1.54) is 6.92 Å². The molecule has 0 rings (SSSR count). The maximum absolute atomic E-state index is 10.3. The molecule has 0 N–H and O–H groups in total. The molecule has 0 atom stereocenters. The molecule has 0 unspecified atom stereocenters.